The molecular weight excluding hydrogens is 348 g/mol. The number of hydrogen-bond donors (Lipinski definition) is 1. The lowest BCUT2D eigenvalue weighted by molar-refractivity contribution is -0.134. The highest BCUT2D eigenvalue weighted by atomic mass is 16.2. The number of carbonyl (C=O) groups is 1. The van der Waals surface area contributed by atoms with Crippen molar-refractivity contribution in [3.8, 4) is 11.1 Å². The van der Waals surface area contributed by atoms with Crippen LogP contribution in [-0.2, 0) is 11.2 Å². The van der Waals surface area contributed by atoms with Gasteiger partial charge in [0.25, 0.3) is 0 Å². The van der Waals surface area contributed by atoms with E-state index in [1.807, 2.05) is 35.5 Å². The van der Waals surface area contributed by atoms with Crippen molar-refractivity contribution in [1.29, 1.82) is 0 Å². The van der Waals surface area contributed by atoms with Crippen LogP contribution in [0.1, 0.15) is 47.7 Å². The summed E-state index contributed by atoms with van der Waals surface area (Å²) in [6.45, 7) is 4.91. The zero-order valence-corrected chi connectivity index (χ0v) is 16.5. The van der Waals surface area contributed by atoms with Crippen LogP contribution in [0.15, 0.2) is 48.9 Å². The highest BCUT2D eigenvalue weighted by Crippen LogP contribution is 2.36. The first-order valence-electron chi connectivity index (χ1n) is 9.93. The lowest BCUT2D eigenvalue weighted by atomic mass is 9.93. The molecule has 0 saturated carbocycles. The minimum absolute atomic E-state index is 0.0381. The maximum atomic E-state index is 13.2. The topological polar surface area (TPSA) is 61.9 Å². The molecule has 1 aliphatic heterocycles. The molecule has 144 valence electrons. The SMILES string of the molecule is Cc1cccc(CC(=O)N2CCCC[C@H]2c2[nH]ncc2-c2ccncc2C)c1. The number of aromatic nitrogens is 3. The van der Waals surface area contributed by atoms with E-state index in [1.54, 1.807) is 6.20 Å². The molecule has 1 fully saturated rings. The summed E-state index contributed by atoms with van der Waals surface area (Å²) in [5, 5.41) is 7.52. The van der Waals surface area contributed by atoms with E-state index in [0.29, 0.717) is 6.42 Å². The Kier molecular flexibility index (Phi) is 5.24. The van der Waals surface area contributed by atoms with Crippen molar-refractivity contribution < 1.29 is 4.79 Å². The molecule has 3 heterocycles. The fourth-order valence-corrected chi connectivity index (χ4v) is 4.17. The van der Waals surface area contributed by atoms with E-state index in [4.69, 9.17) is 0 Å². The van der Waals surface area contributed by atoms with Gasteiger partial charge in [0.15, 0.2) is 0 Å². The summed E-state index contributed by atoms with van der Waals surface area (Å²) in [5.41, 5.74) is 6.59. The molecule has 5 nitrogen and oxygen atoms in total. The van der Waals surface area contributed by atoms with E-state index in [1.165, 1.54) is 5.56 Å². The summed E-state index contributed by atoms with van der Waals surface area (Å²) in [7, 11) is 0. The van der Waals surface area contributed by atoms with E-state index in [9.17, 15) is 4.79 Å². The average Bonchev–Trinajstić information content (AvgIpc) is 3.18. The Hall–Kier alpha value is -2.95. The van der Waals surface area contributed by atoms with Crippen LogP contribution in [0.4, 0.5) is 0 Å². The number of benzene rings is 1. The summed E-state index contributed by atoms with van der Waals surface area (Å²) in [5.74, 6) is 0.183. The molecule has 2 aromatic heterocycles. The van der Waals surface area contributed by atoms with Crippen molar-refractivity contribution in [3.63, 3.8) is 0 Å². The maximum Gasteiger partial charge on any atom is 0.227 e. The lowest BCUT2D eigenvalue weighted by Crippen LogP contribution is -2.39. The third kappa shape index (κ3) is 3.70. The number of hydrogen-bond acceptors (Lipinski definition) is 3. The molecule has 0 radical (unpaired) electrons. The van der Waals surface area contributed by atoms with Crippen molar-refractivity contribution in [2.24, 2.45) is 0 Å². The normalized spacial score (nSPS) is 16.9. The number of likely N-dealkylation sites (tertiary alicyclic amines) is 1. The monoisotopic (exact) mass is 374 g/mol. The van der Waals surface area contributed by atoms with Gasteiger partial charge in [-0.2, -0.15) is 5.10 Å². The Morgan fingerprint density at radius 3 is 2.89 bits per heavy atom. The number of piperidine rings is 1. The summed E-state index contributed by atoms with van der Waals surface area (Å²) >= 11 is 0. The van der Waals surface area contributed by atoms with Gasteiger partial charge in [-0.3, -0.25) is 14.9 Å². The molecule has 1 amide bonds. The van der Waals surface area contributed by atoms with Crippen LogP contribution < -0.4 is 0 Å². The molecule has 1 aliphatic rings. The average molecular weight is 374 g/mol. The number of aromatic amines is 1. The Bertz CT molecular complexity index is 978. The van der Waals surface area contributed by atoms with E-state index in [-0.39, 0.29) is 11.9 Å². The quantitative estimate of drug-likeness (QED) is 0.737. The van der Waals surface area contributed by atoms with E-state index in [2.05, 4.69) is 41.2 Å². The predicted molar refractivity (Wildman–Crippen MR) is 110 cm³/mol. The second-order valence-corrected chi connectivity index (χ2v) is 7.65. The molecule has 0 unspecified atom stereocenters. The fraction of sp³-hybridized carbons (Fsp3) is 0.348. The van der Waals surface area contributed by atoms with Crippen LogP contribution >= 0.6 is 0 Å². The van der Waals surface area contributed by atoms with Crippen molar-refractivity contribution in [2.75, 3.05) is 6.54 Å². The van der Waals surface area contributed by atoms with Gasteiger partial charge in [0, 0.05) is 24.5 Å². The molecule has 1 N–H and O–H groups in total. The predicted octanol–water partition coefficient (Wildman–Crippen LogP) is 4.38. The minimum atomic E-state index is 0.0381. The highest BCUT2D eigenvalue weighted by Gasteiger charge is 2.31. The molecule has 3 aromatic rings. The number of nitrogens with zero attached hydrogens (tertiary/aromatic N) is 3. The van der Waals surface area contributed by atoms with Gasteiger partial charge in [0.05, 0.1) is 24.4 Å². The first-order chi connectivity index (χ1) is 13.6. The summed E-state index contributed by atoms with van der Waals surface area (Å²) in [4.78, 5) is 19.4. The van der Waals surface area contributed by atoms with Gasteiger partial charge in [0.2, 0.25) is 5.91 Å². The van der Waals surface area contributed by atoms with Crippen LogP contribution in [0.25, 0.3) is 11.1 Å². The third-order valence-corrected chi connectivity index (χ3v) is 5.57. The first kappa shape index (κ1) is 18.4. The van der Waals surface area contributed by atoms with Gasteiger partial charge in [-0.05, 0) is 55.9 Å². The largest absolute Gasteiger partial charge is 0.334 e. The second kappa shape index (κ2) is 7.97. The molecule has 4 rings (SSSR count). The fourth-order valence-electron chi connectivity index (χ4n) is 4.17. The van der Waals surface area contributed by atoms with Gasteiger partial charge in [-0.25, -0.2) is 0 Å². The molecule has 1 aromatic carbocycles. The Morgan fingerprint density at radius 2 is 2.07 bits per heavy atom. The first-order valence-corrected chi connectivity index (χ1v) is 9.93. The van der Waals surface area contributed by atoms with Crippen molar-refractivity contribution in [2.45, 2.75) is 45.6 Å². The Labute approximate surface area is 165 Å². The van der Waals surface area contributed by atoms with Gasteiger partial charge in [-0.15, -0.1) is 0 Å². The van der Waals surface area contributed by atoms with Crippen LogP contribution in [0.3, 0.4) is 0 Å². The Morgan fingerprint density at radius 1 is 1.18 bits per heavy atom. The van der Waals surface area contributed by atoms with E-state index < -0.39 is 0 Å². The van der Waals surface area contributed by atoms with Crippen LogP contribution in [0.5, 0.6) is 0 Å². The number of nitrogens with one attached hydrogen (secondary N) is 1. The number of amides is 1. The number of H-pyrrole nitrogens is 1. The summed E-state index contributed by atoms with van der Waals surface area (Å²) in [6.07, 6.45) is 9.11. The van der Waals surface area contributed by atoms with Gasteiger partial charge >= 0.3 is 0 Å². The summed E-state index contributed by atoms with van der Waals surface area (Å²) in [6, 6.07) is 10.3. The van der Waals surface area contributed by atoms with Crippen molar-refractivity contribution in [3.05, 3.63) is 71.3 Å². The lowest BCUT2D eigenvalue weighted by Gasteiger charge is -2.36. The number of carbonyl (C=O) groups excluding carboxylic acids is 1. The van der Waals surface area contributed by atoms with E-state index in [0.717, 1.165) is 53.8 Å². The zero-order chi connectivity index (χ0) is 19.5. The zero-order valence-electron chi connectivity index (χ0n) is 16.5. The molecule has 0 spiro atoms. The van der Waals surface area contributed by atoms with Crippen molar-refractivity contribution >= 4 is 5.91 Å². The second-order valence-electron chi connectivity index (χ2n) is 7.65. The molecule has 0 bridgehead atoms. The van der Waals surface area contributed by atoms with Crippen LogP contribution in [-0.4, -0.2) is 32.5 Å². The number of aryl methyl sites for hydroxylation is 2. The molecule has 1 atom stereocenters. The molecular formula is C23H26N4O. The molecule has 5 heteroatoms. The van der Waals surface area contributed by atoms with Gasteiger partial charge in [-0.1, -0.05) is 29.8 Å². The number of rotatable bonds is 4. The summed E-state index contributed by atoms with van der Waals surface area (Å²) < 4.78 is 0. The minimum Gasteiger partial charge on any atom is -0.334 e. The third-order valence-electron chi connectivity index (χ3n) is 5.57. The van der Waals surface area contributed by atoms with Crippen LogP contribution in [0, 0.1) is 13.8 Å². The van der Waals surface area contributed by atoms with Gasteiger partial charge in [0.1, 0.15) is 0 Å². The highest BCUT2D eigenvalue weighted by molar-refractivity contribution is 5.80. The smallest absolute Gasteiger partial charge is 0.227 e. The maximum absolute atomic E-state index is 13.2. The number of pyridine rings is 1. The Balaban J connectivity index is 1.63. The molecule has 1 saturated heterocycles. The van der Waals surface area contributed by atoms with Crippen molar-refractivity contribution in [1.82, 2.24) is 20.1 Å². The molecule has 0 aliphatic carbocycles. The molecule has 28 heavy (non-hydrogen) atoms. The standard InChI is InChI=1S/C23H26N4O/c1-16-6-5-7-18(12-16)13-22(28)27-11-4-3-8-21(27)23-20(15-25-26-23)19-9-10-24-14-17(19)2/h5-7,9-10,12,14-15,21H,3-4,8,11,13H2,1-2H3,(H,25,26)/t21-/m0/s1. The van der Waals surface area contributed by atoms with Gasteiger partial charge < -0.3 is 4.90 Å². The van der Waals surface area contributed by atoms with E-state index >= 15 is 0 Å². The van der Waals surface area contributed by atoms with Crippen LogP contribution in [0.2, 0.25) is 0 Å².